The molecule has 108 valence electrons. The van der Waals surface area contributed by atoms with Gasteiger partial charge in [0.1, 0.15) is 5.84 Å². The molecule has 2 aromatic carbocycles. The van der Waals surface area contributed by atoms with Gasteiger partial charge in [-0.3, -0.25) is 5.41 Å². The van der Waals surface area contributed by atoms with Gasteiger partial charge in [-0.1, -0.05) is 18.2 Å². The van der Waals surface area contributed by atoms with Crippen LogP contribution in [0.3, 0.4) is 0 Å². The molecular weight excluding hydrogens is 278 g/mol. The fraction of sp³-hybridized carbons (Fsp3) is 0.235. The zero-order chi connectivity index (χ0) is 14.8. The van der Waals surface area contributed by atoms with Gasteiger partial charge in [0, 0.05) is 41.4 Å². The van der Waals surface area contributed by atoms with Crippen molar-refractivity contribution in [1.29, 1.82) is 5.41 Å². The highest BCUT2D eigenvalue weighted by molar-refractivity contribution is 7.99. The van der Waals surface area contributed by atoms with E-state index in [0.29, 0.717) is 5.92 Å². The smallest absolute Gasteiger partial charge is 0.122 e. The van der Waals surface area contributed by atoms with Crippen molar-refractivity contribution in [3.8, 4) is 0 Å². The Morgan fingerprint density at radius 3 is 2.67 bits per heavy atom. The summed E-state index contributed by atoms with van der Waals surface area (Å²) >= 11 is 1.95. The van der Waals surface area contributed by atoms with Crippen LogP contribution in [-0.2, 0) is 0 Å². The minimum Gasteiger partial charge on any atom is -0.384 e. The van der Waals surface area contributed by atoms with Crippen molar-refractivity contribution in [2.24, 2.45) is 5.73 Å². The van der Waals surface area contributed by atoms with Gasteiger partial charge in [-0.25, -0.2) is 0 Å². The summed E-state index contributed by atoms with van der Waals surface area (Å²) in [6.45, 7) is 1.00. The van der Waals surface area contributed by atoms with Crippen LogP contribution in [0.25, 0.3) is 0 Å². The van der Waals surface area contributed by atoms with Crippen LogP contribution in [0.4, 0.5) is 5.69 Å². The maximum Gasteiger partial charge on any atom is 0.122 e. The number of amidine groups is 1. The fourth-order valence-electron chi connectivity index (χ4n) is 2.71. The number of likely N-dealkylation sites (N-methyl/N-ethyl adjacent to an activating group) is 1. The molecule has 2 aromatic rings. The number of nitrogen functional groups attached to an aromatic ring is 1. The number of nitrogens with zero attached hydrogens (tertiary/aromatic N) is 1. The molecule has 1 unspecified atom stereocenters. The normalized spacial score (nSPS) is 16.5. The number of benzene rings is 2. The summed E-state index contributed by atoms with van der Waals surface area (Å²) < 4.78 is 0. The van der Waals surface area contributed by atoms with E-state index in [1.165, 1.54) is 10.5 Å². The van der Waals surface area contributed by atoms with Crippen molar-refractivity contribution in [1.82, 2.24) is 0 Å². The summed E-state index contributed by atoms with van der Waals surface area (Å²) in [6.07, 6.45) is 0. The molecule has 1 aliphatic rings. The molecule has 3 N–H and O–H groups in total. The molecule has 0 bridgehead atoms. The van der Waals surface area contributed by atoms with E-state index >= 15 is 0 Å². The Hall–Kier alpha value is -1.94. The molecule has 3 rings (SSSR count). The molecule has 0 aliphatic carbocycles. The molecule has 1 atom stereocenters. The first-order valence-electron chi connectivity index (χ1n) is 7.02. The Morgan fingerprint density at radius 1 is 1.24 bits per heavy atom. The maximum atomic E-state index is 7.44. The van der Waals surface area contributed by atoms with Crippen LogP contribution in [0.5, 0.6) is 0 Å². The van der Waals surface area contributed by atoms with Crippen LogP contribution in [0.1, 0.15) is 17.0 Å². The van der Waals surface area contributed by atoms with Gasteiger partial charge in [0.05, 0.1) is 0 Å². The quantitative estimate of drug-likeness (QED) is 0.672. The van der Waals surface area contributed by atoms with Gasteiger partial charge in [-0.2, -0.15) is 0 Å². The Morgan fingerprint density at radius 2 is 1.95 bits per heavy atom. The van der Waals surface area contributed by atoms with E-state index in [1.54, 1.807) is 0 Å². The van der Waals surface area contributed by atoms with Gasteiger partial charge in [-0.15, -0.1) is 11.8 Å². The van der Waals surface area contributed by atoms with E-state index in [0.717, 1.165) is 23.5 Å². The molecule has 3 nitrogen and oxygen atoms in total. The molecule has 0 saturated heterocycles. The second kappa shape index (κ2) is 5.82. The van der Waals surface area contributed by atoms with Crippen molar-refractivity contribution in [3.63, 3.8) is 0 Å². The third-order valence-corrected chi connectivity index (χ3v) is 5.16. The predicted molar refractivity (Wildman–Crippen MR) is 90.6 cm³/mol. The van der Waals surface area contributed by atoms with E-state index in [2.05, 4.69) is 36.2 Å². The largest absolute Gasteiger partial charge is 0.384 e. The number of nitrogens with one attached hydrogen (secondary N) is 1. The molecule has 0 saturated carbocycles. The number of anilines is 1. The lowest BCUT2D eigenvalue weighted by atomic mass is 10.0. The number of fused-ring (bicyclic) bond motifs is 1. The van der Waals surface area contributed by atoms with E-state index in [1.807, 2.05) is 36.0 Å². The molecule has 4 heteroatoms. The van der Waals surface area contributed by atoms with Crippen LogP contribution in [-0.4, -0.2) is 25.2 Å². The molecule has 1 heterocycles. The zero-order valence-corrected chi connectivity index (χ0v) is 12.9. The van der Waals surface area contributed by atoms with Gasteiger partial charge in [-0.05, 0) is 35.9 Å². The van der Waals surface area contributed by atoms with Crippen LogP contribution < -0.4 is 10.6 Å². The molecule has 0 amide bonds. The van der Waals surface area contributed by atoms with Gasteiger partial charge in [0.2, 0.25) is 0 Å². The first-order valence-corrected chi connectivity index (χ1v) is 8.01. The third-order valence-electron chi connectivity index (χ3n) is 3.91. The monoisotopic (exact) mass is 297 g/mol. The van der Waals surface area contributed by atoms with E-state index in [9.17, 15) is 0 Å². The third kappa shape index (κ3) is 2.90. The molecule has 0 fully saturated rings. The van der Waals surface area contributed by atoms with E-state index in [4.69, 9.17) is 11.1 Å². The van der Waals surface area contributed by atoms with Crippen LogP contribution >= 0.6 is 11.8 Å². The van der Waals surface area contributed by atoms with Gasteiger partial charge in [0.25, 0.3) is 0 Å². The number of rotatable bonds is 4. The summed E-state index contributed by atoms with van der Waals surface area (Å²) in [6, 6.07) is 16.6. The number of hydrogen-bond donors (Lipinski definition) is 2. The van der Waals surface area contributed by atoms with Crippen molar-refractivity contribution >= 4 is 23.3 Å². The van der Waals surface area contributed by atoms with Crippen molar-refractivity contribution in [2.45, 2.75) is 10.8 Å². The Bertz CT molecular complexity index is 651. The number of nitrogens with two attached hydrogens (primary N) is 1. The minimum absolute atomic E-state index is 0.116. The maximum absolute atomic E-state index is 7.44. The Kier molecular flexibility index (Phi) is 3.88. The summed E-state index contributed by atoms with van der Waals surface area (Å²) in [7, 11) is 2.12. The number of thioether (sulfide) groups is 1. The predicted octanol–water partition coefficient (Wildman–Crippen LogP) is 3.30. The Balaban J connectivity index is 1.72. The van der Waals surface area contributed by atoms with Crippen molar-refractivity contribution < 1.29 is 0 Å². The average Bonchev–Trinajstić information content (AvgIpc) is 2.91. The Labute approximate surface area is 129 Å². The highest BCUT2D eigenvalue weighted by atomic mass is 32.2. The second-order valence-corrected chi connectivity index (χ2v) is 6.45. The van der Waals surface area contributed by atoms with E-state index in [-0.39, 0.29) is 5.84 Å². The highest BCUT2D eigenvalue weighted by Crippen LogP contribution is 2.39. The summed E-state index contributed by atoms with van der Waals surface area (Å²) in [4.78, 5) is 3.69. The van der Waals surface area contributed by atoms with Gasteiger partial charge >= 0.3 is 0 Å². The standard InChI is InChI=1S/C17H19N3S/c1-20(14-8-6-12(7-9-14)17(18)19)10-13-11-21-16-5-3-2-4-15(13)16/h2-9,13H,10-11H2,1H3,(H3,18,19). The topological polar surface area (TPSA) is 53.1 Å². The lowest BCUT2D eigenvalue weighted by molar-refractivity contribution is 0.745. The average molecular weight is 297 g/mol. The van der Waals surface area contributed by atoms with Gasteiger partial charge in [0.15, 0.2) is 0 Å². The van der Waals surface area contributed by atoms with E-state index < -0.39 is 0 Å². The zero-order valence-electron chi connectivity index (χ0n) is 12.0. The SMILES string of the molecule is CN(CC1CSc2ccccc21)c1ccc(C(=N)N)cc1. The lowest BCUT2D eigenvalue weighted by Gasteiger charge is -2.23. The molecule has 21 heavy (non-hydrogen) atoms. The van der Waals surface area contributed by atoms with Crippen molar-refractivity contribution in [3.05, 3.63) is 59.7 Å². The summed E-state index contributed by atoms with van der Waals surface area (Å²) in [5, 5.41) is 7.44. The summed E-state index contributed by atoms with van der Waals surface area (Å²) in [5.41, 5.74) is 8.89. The molecule has 0 spiro atoms. The number of hydrogen-bond acceptors (Lipinski definition) is 3. The molecule has 0 radical (unpaired) electrons. The minimum atomic E-state index is 0.116. The highest BCUT2D eigenvalue weighted by Gasteiger charge is 2.23. The first-order chi connectivity index (χ1) is 10.1. The molecule has 1 aliphatic heterocycles. The first kappa shape index (κ1) is 14.0. The van der Waals surface area contributed by atoms with Crippen LogP contribution in [0.15, 0.2) is 53.4 Å². The molecular formula is C17H19N3S. The van der Waals surface area contributed by atoms with Crippen LogP contribution in [0.2, 0.25) is 0 Å². The lowest BCUT2D eigenvalue weighted by Crippen LogP contribution is -2.24. The van der Waals surface area contributed by atoms with Gasteiger partial charge < -0.3 is 10.6 Å². The second-order valence-electron chi connectivity index (χ2n) is 5.39. The molecule has 0 aromatic heterocycles. The van der Waals surface area contributed by atoms with Crippen molar-refractivity contribution in [2.75, 3.05) is 24.2 Å². The van der Waals surface area contributed by atoms with Crippen LogP contribution in [0, 0.1) is 5.41 Å². The summed E-state index contributed by atoms with van der Waals surface area (Å²) in [5.74, 6) is 1.84. The fourth-order valence-corrected chi connectivity index (χ4v) is 3.95.